The Hall–Kier alpha value is -1.42. The molecule has 0 radical (unpaired) electrons. The van der Waals surface area contributed by atoms with Crippen molar-refractivity contribution in [2.75, 3.05) is 13.1 Å². The Morgan fingerprint density at radius 1 is 1.59 bits per heavy atom. The van der Waals surface area contributed by atoms with E-state index < -0.39 is 0 Å². The van der Waals surface area contributed by atoms with Gasteiger partial charge in [0.15, 0.2) is 0 Å². The minimum atomic E-state index is -0.325. The van der Waals surface area contributed by atoms with Crippen LogP contribution in [0.5, 0.6) is 0 Å². The zero-order chi connectivity index (χ0) is 12.3. The fraction of sp³-hybridized carbons (Fsp3) is 0.538. The molecule has 2 heterocycles. The highest BCUT2D eigenvalue weighted by Crippen LogP contribution is 2.20. The van der Waals surface area contributed by atoms with Crippen molar-refractivity contribution in [3.05, 3.63) is 30.1 Å². The van der Waals surface area contributed by atoms with Gasteiger partial charge in [0.25, 0.3) is 0 Å². The van der Waals surface area contributed by atoms with E-state index in [0.717, 1.165) is 18.5 Å². The van der Waals surface area contributed by atoms with Gasteiger partial charge in [-0.2, -0.15) is 0 Å². The van der Waals surface area contributed by atoms with Crippen LogP contribution in [0.3, 0.4) is 0 Å². The second-order valence-corrected chi connectivity index (χ2v) is 4.66. The normalized spacial score (nSPS) is 21.5. The maximum atomic E-state index is 12.0. The predicted molar refractivity (Wildman–Crippen MR) is 64.3 cm³/mol. The van der Waals surface area contributed by atoms with Gasteiger partial charge in [-0.05, 0) is 31.0 Å². The van der Waals surface area contributed by atoms with Gasteiger partial charge in [-0.25, -0.2) is 0 Å². The van der Waals surface area contributed by atoms with E-state index in [1.807, 2.05) is 17.0 Å². The van der Waals surface area contributed by atoms with E-state index in [2.05, 4.69) is 4.98 Å². The molecule has 2 atom stereocenters. The molecule has 1 aromatic rings. The fourth-order valence-electron chi connectivity index (χ4n) is 2.19. The van der Waals surface area contributed by atoms with Crippen molar-refractivity contribution in [2.45, 2.75) is 25.9 Å². The lowest BCUT2D eigenvalue weighted by molar-refractivity contribution is -0.129. The van der Waals surface area contributed by atoms with Gasteiger partial charge in [0, 0.05) is 31.4 Å². The number of likely N-dealkylation sites (tertiary alicyclic amines) is 1. The van der Waals surface area contributed by atoms with Crippen LogP contribution in [0.4, 0.5) is 0 Å². The van der Waals surface area contributed by atoms with Crippen LogP contribution in [-0.2, 0) is 11.2 Å². The monoisotopic (exact) mass is 234 g/mol. The number of nitrogens with zero attached hydrogens (tertiary/aromatic N) is 2. The first-order valence-corrected chi connectivity index (χ1v) is 6.01. The molecule has 1 aliphatic heterocycles. The molecule has 0 saturated carbocycles. The van der Waals surface area contributed by atoms with E-state index in [9.17, 15) is 9.90 Å². The predicted octanol–water partition coefficient (Wildman–Crippen LogP) is 0.853. The van der Waals surface area contributed by atoms with Crippen molar-refractivity contribution in [2.24, 2.45) is 5.92 Å². The summed E-state index contributed by atoms with van der Waals surface area (Å²) >= 11 is 0. The van der Waals surface area contributed by atoms with Crippen LogP contribution in [0.2, 0.25) is 0 Å². The Morgan fingerprint density at radius 3 is 2.88 bits per heavy atom. The molecule has 0 aromatic carbocycles. The van der Waals surface area contributed by atoms with E-state index >= 15 is 0 Å². The quantitative estimate of drug-likeness (QED) is 0.843. The second-order valence-electron chi connectivity index (χ2n) is 4.66. The molecule has 2 unspecified atom stereocenters. The number of hydrogen-bond acceptors (Lipinski definition) is 3. The average Bonchev–Trinajstić information content (AvgIpc) is 2.79. The molecular weight excluding hydrogens is 216 g/mol. The lowest BCUT2D eigenvalue weighted by Crippen LogP contribution is -2.31. The number of aromatic nitrogens is 1. The minimum Gasteiger partial charge on any atom is -0.393 e. The number of carbonyl (C=O) groups excluding carboxylic acids is 1. The largest absolute Gasteiger partial charge is 0.393 e. The number of pyridine rings is 1. The number of aliphatic hydroxyl groups excluding tert-OH is 1. The topological polar surface area (TPSA) is 53.4 Å². The molecule has 1 amide bonds. The summed E-state index contributed by atoms with van der Waals surface area (Å²) in [6.07, 6.45) is 4.40. The maximum absolute atomic E-state index is 12.0. The zero-order valence-electron chi connectivity index (χ0n) is 10.0. The first kappa shape index (κ1) is 12.0. The van der Waals surface area contributed by atoms with Crippen molar-refractivity contribution in [3.63, 3.8) is 0 Å². The average molecular weight is 234 g/mol. The summed E-state index contributed by atoms with van der Waals surface area (Å²) in [4.78, 5) is 17.8. The van der Waals surface area contributed by atoms with Gasteiger partial charge >= 0.3 is 0 Å². The molecular formula is C13H18N2O2. The van der Waals surface area contributed by atoms with Gasteiger partial charge < -0.3 is 10.0 Å². The van der Waals surface area contributed by atoms with Crippen molar-refractivity contribution in [1.29, 1.82) is 0 Å². The summed E-state index contributed by atoms with van der Waals surface area (Å²) in [6, 6.07) is 3.72. The highest BCUT2D eigenvalue weighted by Gasteiger charge is 2.28. The fourth-order valence-corrected chi connectivity index (χ4v) is 2.19. The zero-order valence-corrected chi connectivity index (χ0v) is 10.0. The van der Waals surface area contributed by atoms with Gasteiger partial charge in [-0.3, -0.25) is 9.78 Å². The molecule has 4 nitrogen and oxygen atoms in total. The summed E-state index contributed by atoms with van der Waals surface area (Å²) in [7, 11) is 0. The van der Waals surface area contributed by atoms with E-state index in [0.29, 0.717) is 13.0 Å². The third kappa shape index (κ3) is 3.03. The van der Waals surface area contributed by atoms with E-state index in [4.69, 9.17) is 0 Å². The number of carbonyl (C=O) groups is 1. The number of rotatable bonds is 3. The molecule has 1 N–H and O–H groups in total. The highest BCUT2D eigenvalue weighted by atomic mass is 16.3. The van der Waals surface area contributed by atoms with Gasteiger partial charge in [0.2, 0.25) is 5.91 Å². The van der Waals surface area contributed by atoms with Crippen LogP contribution in [-0.4, -0.2) is 40.1 Å². The van der Waals surface area contributed by atoms with Gasteiger partial charge in [0.1, 0.15) is 0 Å². The Labute approximate surface area is 101 Å². The van der Waals surface area contributed by atoms with Gasteiger partial charge in [-0.15, -0.1) is 0 Å². The van der Waals surface area contributed by atoms with Crippen molar-refractivity contribution >= 4 is 5.91 Å². The molecule has 92 valence electrons. The maximum Gasteiger partial charge on any atom is 0.227 e. The number of hydrogen-bond donors (Lipinski definition) is 1. The van der Waals surface area contributed by atoms with Crippen molar-refractivity contribution in [3.8, 4) is 0 Å². The van der Waals surface area contributed by atoms with Crippen LogP contribution < -0.4 is 0 Å². The van der Waals surface area contributed by atoms with Crippen LogP contribution in [0.1, 0.15) is 18.9 Å². The summed E-state index contributed by atoms with van der Waals surface area (Å²) in [5.74, 6) is 0.371. The van der Waals surface area contributed by atoms with E-state index in [1.165, 1.54) is 0 Å². The lowest BCUT2D eigenvalue weighted by atomic mass is 10.0. The molecule has 1 aromatic heterocycles. The Balaban J connectivity index is 1.90. The minimum absolute atomic E-state index is 0.138. The SMILES string of the molecule is CC(O)C1CCN(C(=O)Cc2ccncc2)C1. The van der Waals surface area contributed by atoms with Crippen LogP contribution in [0, 0.1) is 5.92 Å². The third-order valence-electron chi connectivity index (χ3n) is 3.36. The molecule has 0 spiro atoms. The molecule has 4 heteroatoms. The Bertz CT molecular complexity index is 378. The van der Waals surface area contributed by atoms with Gasteiger partial charge in [-0.1, -0.05) is 0 Å². The van der Waals surface area contributed by atoms with Crippen molar-refractivity contribution in [1.82, 2.24) is 9.88 Å². The Kier molecular flexibility index (Phi) is 3.74. The smallest absolute Gasteiger partial charge is 0.227 e. The molecule has 0 aliphatic carbocycles. The molecule has 1 aliphatic rings. The van der Waals surface area contributed by atoms with E-state index in [-0.39, 0.29) is 17.9 Å². The first-order valence-electron chi connectivity index (χ1n) is 6.01. The standard InChI is InChI=1S/C13H18N2O2/c1-10(16)12-4-7-15(9-12)13(17)8-11-2-5-14-6-3-11/h2-3,5-6,10,12,16H,4,7-9H2,1H3. The molecule has 17 heavy (non-hydrogen) atoms. The molecule has 1 saturated heterocycles. The summed E-state index contributed by atoms with van der Waals surface area (Å²) in [6.45, 7) is 3.24. The van der Waals surface area contributed by atoms with Crippen LogP contribution in [0.25, 0.3) is 0 Å². The first-order chi connectivity index (χ1) is 8.16. The number of aliphatic hydroxyl groups is 1. The van der Waals surface area contributed by atoms with Gasteiger partial charge in [0.05, 0.1) is 12.5 Å². The summed E-state index contributed by atoms with van der Waals surface area (Å²) < 4.78 is 0. The summed E-state index contributed by atoms with van der Waals surface area (Å²) in [5, 5.41) is 9.50. The Morgan fingerprint density at radius 2 is 2.29 bits per heavy atom. The van der Waals surface area contributed by atoms with Crippen molar-refractivity contribution < 1.29 is 9.90 Å². The third-order valence-corrected chi connectivity index (χ3v) is 3.36. The second kappa shape index (κ2) is 5.27. The van der Waals surface area contributed by atoms with Crippen LogP contribution >= 0.6 is 0 Å². The number of amides is 1. The van der Waals surface area contributed by atoms with Crippen LogP contribution in [0.15, 0.2) is 24.5 Å². The highest BCUT2D eigenvalue weighted by molar-refractivity contribution is 5.79. The molecule has 0 bridgehead atoms. The summed E-state index contributed by atoms with van der Waals surface area (Å²) in [5.41, 5.74) is 0.991. The molecule has 2 rings (SSSR count). The van der Waals surface area contributed by atoms with E-state index in [1.54, 1.807) is 19.3 Å². The molecule has 1 fully saturated rings. The lowest BCUT2D eigenvalue weighted by Gasteiger charge is -2.17.